The third kappa shape index (κ3) is 3.00. The number of aromatic nitrogens is 2. The highest BCUT2D eigenvalue weighted by atomic mass is 16.5. The maximum absolute atomic E-state index is 11.7. The third-order valence-corrected chi connectivity index (χ3v) is 4.14. The van der Waals surface area contributed by atoms with E-state index in [4.69, 9.17) is 4.74 Å². The molecular weight excluding hydrogens is 268 g/mol. The molecule has 0 aromatic carbocycles. The van der Waals surface area contributed by atoms with E-state index < -0.39 is 0 Å². The van der Waals surface area contributed by atoms with Gasteiger partial charge < -0.3 is 14.5 Å². The van der Waals surface area contributed by atoms with Gasteiger partial charge in [-0.15, -0.1) is 0 Å². The molecule has 3 heterocycles. The normalized spacial score (nSPS) is 22.7. The van der Waals surface area contributed by atoms with Crippen LogP contribution in [0.2, 0.25) is 0 Å². The van der Waals surface area contributed by atoms with Crippen molar-refractivity contribution in [2.75, 3.05) is 36.0 Å². The smallest absolute Gasteiger partial charge is 0.225 e. The Hall–Kier alpha value is -1.69. The lowest BCUT2D eigenvalue weighted by Crippen LogP contribution is -2.36. The largest absolute Gasteiger partial charge is 0.373 e. The van der Waals surface area contributed by atoms with E-state index in [2.05, 4.69) is 21.8 Å². The summed E-state index contributed by atoms with van der Waals surface area (Å²) in [5.41, 5.74) is 1.60. The van der Waals surface area contributed by atoms with Gasteiger partial charge in [-0.2, -0.15) is 0 Å². The predicted octanol–water partition coefficient (Wildman–Crippen LogP) is 1.60. The van der Waals surface area contributed by atoms with Crippen LogP contribution in [0.1, 0.15) is 32.4 Å². The molecule has 1 fully saturated rings. The molecule has 0 saturated carbocycles. The molecule has 0 bridgehead atoms. The number of fused-ring (bicyclic) bond motifs is 1. The number of piperidine rings is 1. The van der Waals surface area contributed by atoms with E-state index in [0.29, 0.717) is 25.7 Å². The average Bonchev–Trinajstić information content (AvgIpc) is 2.68. The summed E-state index contributed by atoms with van der Waals surface area (Å²) in [5.74, 6) is 1.44. The number of amides is 1. The van der Waals surface area contributed by atoms with Crippen molar-refractivity contribution in [3.05, 3.63) is 11.9 Å². The van der Waals surface area contributed by atoms with Gasteiger partial charge in [0.2, 0.25) is 11.9 Å². The third-order valence-electron chi connectivity index (χ3n) is 4.14. The molecular formula is C15H22N4O2. The average molecular weight is 290 g/mol. The van der Waals surface area contributed by atoms with Crippen LogP contribution in [0, 0.1) is 5.92 Å². The van der Waals surface area contributed by atoms with Crippen molar-refractivity contribution >= 4 is 17.5 Å². The maximum atomic E-state index is 11.7. The zero-order valence-corrected chi connectivity index (χ0v) is 12.7. The molecule has 0 radical (unpaired) electrons. The van der Waals surface area contributed by atoms with Crippen LogP contribution in [0.3, 0.4) is 0 Å². The van der Waals surface area contributed by atoms with E-state index >= 15 is 0 Å². The van der Waals surface area contributed by atoms with Crippen molar-refractivity contribution in [3.8, 4) is 0 Å². The first-order valence-corrected chi connectivity index (χ1v) is 7.62. The van der Waals surface area contributed by atoms with Gasteiger partial charge in [-0.3, -0.25) is 4.79 Å². The topological polar surface area (TPSA) is 58.6 Å². The van der Waals surface area contributed by atoms with Crippen LogP contribution < -0.4 is 9.80 Å². The Labute approximate surface area is 125 Å². The van der Waals surface area contributed by atoms with E-state index in [0.717, 1.165) is 30.4 Å². The molecule has 21 heavy (non-hydrogen) atoms. The second-order valence-electron chi connectivity index (χ2n) is 5.92. The van der Waals surface area contributed by atoms with Crippen LogP contribution in [0.25, 0.3) is 0 Å². The van der Waals surface area contributed by atoms with Crippen LogP contribution in [0.15, 0.2) is 6.20 Å². The Bertz CT molecular complexity index is 534. The van der Waals surface area contributed by atoms with Crippen molar-refractivity contribution in [1.82, 2.24) is 9.97 Å². The van der Waals surface area contributed by atoms with Gasteiger partial charge >= 0.3 is 0 Å². The first-order chi connectivity index (χ1) is 10.1. The molecule has 1 saturated heterocycles. The number of hydrogen-bond acceptors (Lipinski definition) is 5. The van der Waals surface area contributed by atoms with Gasteiger partial charge in [0.25, 0.3) is 0 Å². The molecule has 114 valence electrons. The number of carbonyl (C=O) groups is 1. The van der Waals surface area contributed by atoms with Crippen molar-refractivity contribution in [2.24, 2.45) is 5.92 Å². The molecule has 3 rings (SSSR count). The summed E-state index contributed by atoms with van der Waals surface area (Å²) in [6, 6.07) is 0. The van der Waals surface area contributed by atoms with Gasteiger partial charge in [0.15, 0.2) is 0 Å². The maximum Gasteiger partial charge on any atom is 0.225 e. The molecule has 1 aromatic heterocycles. The van der Waals surface area contributed by atoms with Gasteiger partial charge in [-0.05, 0) is 18.8 Å². The lowest BCUT2D eigenvalue weighted by molar-refractivity contribution is -0.116. The molecule has 1 aromatic rings. The Morgan fingerprint density at radius 3 is 3.05 bits per heavy atom. The molecule has 6 nitrogen and oxygen atoms in total. The van der Waals surface area contributed by atoms with E-state index in [-0.39, 0.29) is 5.91 Å². The van der Waals surface area contributed by atoms with E-state index in [9.17, 15) is 4.79 Å². The molecule has 0 spiro atoms. The molecule has 0 unspecified atom stereocenters. The molecule has 0 N–H and O–H groups in total. The number of carbonyl (C=O) groups excluding carboxylic acids is 1. The number of anilines is 2. The van der Waals surface area contributed by atoms with E-state index in [1.807, 2.05) is 0 Å². The highest BCUT2D eigenvalue weighted by molar-refractivity contribution is 5.92. The SMILES string of the molecule is CC(=O)N1CCOCc2nc(N3CCC[C@@H](C)C3)ncc21. The summed E-state index contributed by atoms with van der Waals surface area (Å²) >= 11 is 0. The first-order valence-electron chi connectivity index (χ1n) is 7.62. The summed E-state index contributed by atoms with van der Waals surface area (Å²) < 4.78 is 5.56. The van der Waals surface area contributed by atoms with Crippen LogP contribution in [-0.4, -0.2) is 42.1 Å². The molecule has 2 aliphatic heterocycles. The second-order valence-corrected chi connectivity index (χ2v) is 5.92. The number of nitrogens with zero attached hydrogens (tertiary/aromatic N) is 4. The van der Waals surface area contributed by atoms with E-state index in [1.54, 1.807) is 18.0 Å². The Morgan fingerprint density at radius 1 is 1.43 bits per heavy atom. The van der Waals surface area contributed by atoms with Gasteiger partial charge in [-0.1, -0.05) is 6.92 Å². The van der Waals surface area contributed by atoms with Crippen LogP contribution in [0.4, 0.5) is 11.6 Å². The highest BCUT2D eigenvalue weighted by Crippen LogP contribution is 2.26. The summed E-state index contributed by atoms with van der Waals surface area (Å²) in [5, 5.41) is 0. The Morgan fingerprint density at radius 2 is 2.29 bits per heavy atom. The van der Waals surface area contributed by atoms with Gasteiger partial charge in [0.05, 0.1) is 30.8 Å². The number of ether oxygens (including phenoxy) is 1. The Kier molecular flexibility index (Phi) is 4.05. The first kappa shape index (κ1) is 14.3. The molecule has 1 atom stereocenters. The zero-order valence-electron chi connectivity index (χ0n) is 12.7. The zero-order chi connectivity index (χ0) is 14.8. The molecule has 1 amide bonds. The minimum atomic E-state index is 0.00435. The fourth-order valence-corrected chi connectivity index (χ4v) is 3.03. The Balaban J connectivity index is 1.89. The number of hydrogen-bond donors (Lipinski definition) is 0. The van der Waals surface area contributed by atoms with Crippen LogP contribution in [-0.2, 0) is 16.1 Å². The van der Waals surface area contributed by atoms with E-state index in [1.165, 1.54) is 12.8 Å². The van der Waals surface area contributed by atoms with Crippen LogP contribution >= 0.6 is 0 Å². The summed E-state index contributed by atoms with van der Waals surface area (Å²) in [6.45, 7) is 7.36. The minimum Gasteiger partial charge on any atom is -0.373 e. The minimum absolute atomic E-state index is 0.00435. The summed E-state index contributed by atoms with van der Waals surface area (Å²) in [7, 11) is 0. The fraction of sp³-hybridized carbons (Fsp3) is 0.667. The monoisotopic (exact) mass is 290 g/mol. The lowest BCUT2D eigenvalue weighted by atomic mass is 10.0. The standard InChI is InChI=1S/C15H22N4O2/c1-11-4-3-5-18(9-11)15-16-8-14-13(17-15)10-21-7-6-19(14)12(2)20/h8,11H,3-7,9-10H2,1-2H3/t11-/m1/s1. The molecule has 0 aliphatic carbocycles. The van der Waals surface area contributed by atoms with Crippen molar-refractivity contribution in [2.45, 2.75) is 33.3 Å². The van der Waals surface area contributed by atoms with Crippen LogP contribution in [0.5, 0.6) is 0 Å². The van der Waals surface area contributed by atoms with Gasteiger partial charge in [0, 0.05) is 26.6 Å². The quantitative estimate of drug-likeness (QED) is 0.786. The molecule has 6 heteroatoms. The summed E-state index contributed by atoms with van der Waals surface area (Å²) in [4.78, 5) is 24.8. The molecule has 2 aliphatic rings. The fourth-order valence-electron chi connectivity index (χ4n) is 3.03. The predicted molar refractivity (Wildman–Crippen MR) is 80.3 cm³/mol. The summed E-state index contributed by atoms with van der Waals surface area (Å²) in [6.07, 6.45) is 4.22. The van der Waals surface area contributed by atoms with Gasteiger partial charge in [-0.25, -0.2) is 9.97 Å². The highest BCUT2D eigenvalue weighted by Gasteiger charge is 2.24. The van der Waals surface area contributed by atoms with Crippen molar-refractivity contribution < 1.29 is 9.53 Å². The van der Waals surface area contributed by atoms with Crippen molar-refractivity contribution in [3.63, 3.8) is 0 Å². The lowest BCUT2D eigenvalue weighted by Gasteiger charge is -2.31. The van der Waals surface area contributed by atoms with Gasteiger partial charge in [0.1, 0.15) is 0 Å². The number of rotatable bonds is 1. The second kappa shape index (κ2) is 5.97. The van der Waals surface area contributed by atoms with Crippen molar-refractivity contribution in [1.29, 1.82) is 0 Å².